The molecular formula is C23H23N5O5. The van der Waals surface area contributed by atoms with Crippen LogP contribution in [0.15, 0.2) is 63.1 Å². The number of amides is 1. The molecule has 1 aromatic carbocycles. The maximum absolute atomic E-state index is 12.5. The second kappa shape index (κ2) is 9.03. The van der Waals surface area contributed by atoms with E-state index in [1.807, 2.05) is 24.3 Å². The monoisotopic (exact) mass is 449 g/mol. The van der Waals surface area contributed by atoms with Crippen molar-refractivity contribution >= 4 is 17.1 Å². The Kier molecular flexibility index (Phi) is 5.99. The molecule has 0 aliphatic heterocycles. The lowest BCUT2D eigenvalue weighted by atomic mass is 10.1. The molecule has 0 fully saturated rings. The van der Waals surface area contributed by atoms with Gasteiger partial charge in [-0.25, -0.2) is 9.78 Å². The van der Waals surface area contributed by atoms with Crippen LogP contribution in [-0.4, -0.2) is 25.0 Å². The minimum Gasteiger partial charge on any atom is -0.485 e. The van der Waals surface area contributed by atoms with Gasteiger partial charge in [0.25, 0.3) is 11.5 Å². The summed E-state index contributed by atoms with van der Waals surface area (Å²) < 4.78 is 13.7. The first-order chi connectivity index (χ1) is 15.9. The van der Waals surface area contributed by atoms with Gasteiger partial charge in [-0.15, -0.1) is 6.58 Å². The van der Waals surface area contributed by atoms with E-state index in [0.29, 0.717) is 18.0 Å². The summed E-state index contributed by atoms with van der Waals surface area (Å²) in [6, 6.07) is 10.9. The zero-order valence-electron chi connectivity index (χ0n) is 18.3. The van der Waals surface area contributed by atoms with Gasteiger partial charge in [-0.05, 0) is 30.2 Å². The molecule has 4 aromatic rings. The molecule has 33 heavy (non-hydrogen) atoms. The summed E-state index contributed by atoms with van der Waals surface area (Å²) in [5, 5.41) is 2.68. The van der Waals surface area contributed by atoms with Crippen LogP contribution in [0.25, 0.3) is 11.2 Å². The van der Waals surface area contributed by atoms with E-state index in [-0.39, 0.29) is 30.1 Å². The third kappa shape index (κ3) is 4.36. The number of aromatic amines is 1. The van der Waals surface area contributed by atoms with Crippen molar-refractivity contribution in [1.82, 2.24) is 24.4 Å². The molecule has 0 radical (unpaired) electrons. The number of carbonyl (C=O) groups excluding carboxylic acids is 1. The maximum Gasteiger partial charge on any atom is 0.332 e. The van der Waals surface area contributed by atoms with Gasteiger partial charge in [0.05, 0.1) is 6.54 Å². The van der Waals surface area contributed by atoms with Crippen molar-refractivity contribution in [3.8, 4) is 5.75 Å². The first-order valence-electron chi connectivity index (χ1n) is 10.2. The van der Waals surface area contributed by atoms with Crippen molar-refractivity contribution in [2.75, 3.05) is 0 Å². The molecule has 3 heterocycles. The van der Waals surface area contributed by atoms with Crippen LogP contribution in [0, 0.1) is 0 Å². The molecule has 3 aromatic heterocycles. The molecule has 0 saturated carbocycles. The number of H-pyrrole nitrogens is 1. The number of furan rings is 1. The number of fused-ring (bicyclic) bond motifs is 1. The number of rotatable bonds is 8. The van der Waals surface area contributed by atoms with Gasteiger partial charge in [0.15, 0.2) is 11.4 Å². The predicted octanol–water partition coefficient (Wildman–Crippen LogP) is 1.79. The molecule has 0 aliphatic carbocycles. The maximum atomic E-state index is 12.5. The Morgan fingerprint density at radius 2 is 2.00 bits per heavy atom. The van der Waals surface area contributed by atoms with Crippen LogP contribution in [0.4, 0.5) is 0 Å². The first-order valence-corrected chi connectivity index (χ1v) is 10.2. The molecule has 170 valence electrons. The number of nitrogens with one attached hydrogen (secondary N) is 2. The lowest BCUT2D eigenvalue weighted by Gasteiger charge is -2.08. The van der Waals surface area contributed by atoms with Crippen molar-refractivity contribution in [3.63, 3.8) is 0 Å². The van der Waals surface area contributed by atoms with Gasteiger partial charge in [-0.1, -0.05) is 24.3 Å². The highest BCUT2D eigenvalue weighted by Gasteiger charge is 2.16. The van der Waals surface area contributed by atoms with Crippen molar-refractivity contribution in [1.29, 1.82) is 0 Å². The van der Waals surface area contributed by atoms with Crippen LogP contribution in [0.1, 0.15) is 27.7 Å². The van der Waals surface area contributed by atoms with Crippen LogP contribution in [0.5, 0.6) is 5.75 Å². The normalized spacial score (nSPS) is 11.0. The van der Waals surface area contributed by atoms with Gasteiger partial charge in [0.1, 0.15) is 29.5 Å². The predicted molar refractivity (Wildman–Crippen MR) is 121 cm³/mol. The topological polar surface area (TPSA) is 124 Å². The molecule has 0 spiro atoms. The number of nitrogens with zero attached hydrogens (tertiary/aromatic N) is 3. The molecule has 0 bridgehead atoms. The van der Waals surface area contributed by atoms with E-state index >= 15 is 0 Å². The van der Waals surface area contributed by atoms with E-state index in [2.05, 4.69) is 21.9 Å². The molecule has 10 nitrogen and oxygen atoms in total. The Morgan fingerprint density at radius 1 is 1.21 bits per heavy atom. The highest BCUT2D eigenvalue weighted by atomic mass is 16.5. The number of aromatic nitrogens is 4. The van der Waals surface area contributed by atoms with Crippen molar-refractivity contribution < 1.29 is 13.9 Å². The number of hydrogen-bond acceptors (Lipinski definition) is 6. The van der Waals surface area contributed by atoms with Gasteiger partial charge in [0, 0.05) is 14.1 Å². The van der Waals surface area contributed by atoms with E-state index in [0.717, 1.165) is 15.9 Å². The number of imidazole rings is 1. The Labute approximate surface area is 188 Å². The van der Waals surface area contributed by atoms with E-state index in [4.69, 9.17) is 9.15 Å². The van der Waals surface area contributed by atoms with Gasteiger partial charge in [0.2, 0.25) is 0 Å². The average Bonchev–Trinajstić information content (AvgIpc) is 3.47. The number of hydrogen-bond donors (Lipinski definition) is 2. The number of allylic oxidation sites excluding steroid dienone is 1. The molecule has 1 amide bonds. The zero-order valence-corrected chi connectivity index (χ0v) is 18.3. The fourth-order valence-corrected chi connectivity index (χ4v) is 3.40. The second-order valence-electron chi connectivity index (χ2n) is 7.43. The molecule has 10 heteroatoms. The van der Waals surface area contributed by atoms with Gasteiger partial charge >= 0.3 is 5.69 Å². The number of benzene rings is 1. The third-order valence-electron chi connectivity index (χ3n) is 5.15. The SMILES string of the molecule is C=CCc1ccccc1OCc1ccc(C(=O)NCc2nc3c([nH]2)c(=O)n(C)c(=O)n3C)o1. The fourth-order valence-electron chi connectivity index (χ4n) is 3.40. The van der Waals surface area contributed by atoms with Crippen LogP contribution in [0.2, 0.25) is 0 Å². The third-order valence-corrected chi connectivity index (χ3v) is 5.15. The molecule has 4 rings (SSSR count). The average molecular weight is 449 g/mol. The molecule has 0 aliphatic rings. The van der Waals surface area contributed by atoms with E-state index in [9.17, 15) is 14.4 Å². The number of para-hydroxylation sites is 1. The quantitative estimate of drug-likeness (QED) is 0.395. The number of ether oxygens (including phenoxy) is 1. The minimum absolute atomic E-state index is 0.0202. The first kappa shape index (κ1) is 21.9. The van der Waals surface area contributed by atoms with Crippen molar-refractivity contribution in [2.45, 2.75) is 19.6 Å². The van der Waals surface area contributed by atoms with E-state index in [1.54, 1.807) is 18.2 Å². The molecule has 0 saturated heterocycles. The van der Waals surface area contributed by atoms with Gasteiger partial charge in [-0.2, -0.15) is 0 Å². The molecule has 0 unspecified atom stereocenters. The Morgan fingerprint density at radius 3 is 2.79 bits per heavy atom. The Balaban J connectivity index is 1.41. The summed E-state index contributed by atoms with van der Waals surface area (Å²) in [7, 11) is 2.91. The van der Waals surface area contributed by atoms with Crippen LogP contribution in [-0.2, 0) is 33.7 Å². The van der Waals surface area contributed by atoms with Gasteiger partial charge in [-0.3, -0.25) is 18.7 Å². The fraction of sp³-hybridized carbons (Fsp3) is 0.217. The summed E-state index contributed by atoms with van der Waals surface area (Å²) in [5.41, 5.74) is 0.463. The zero-order chi connectivity index (χ0) is 23.5. The van der Waals surface area contributed by atoms with Crippen LogP contribution in [0.3, 0.4) is 0 Å². The van der Waals surface area contributed by atoms with E-state index < -0.39 is 17.2 Å². The summed E-state index contributed by atoms with van der Waals surface area (Å²) in [6.07, 6.45) is 2.49. The summed E-state index contributed by atoms with van der Waals surface area (Å²) in [5.74, 6) is 1.23. The second-order valence-corrected chi connectivity index (χ2v) is 7.43. The highest BCUT2D eigenvalue weighted by molar-refractivity contribution is 5.91. The standard InChI is InChI=1S/C23H23N5O5/c1-4-7-14-8-5-6-9-16(14)32-13-15-10-11-17(33-15)21(29)24-12-18-25-19-20(26-18)27(2)23(31)28(3)22(19)30/h4-6,8-11H,1,7,12-13H2,2-3H3,(H,24,29)(H,25,26). The lowest BCUT2D eigenvalue weighted by molar-refractivity contribution is 0.0918. The number of carbonyl (C=O) groups is 1. The molecular weight excluding hydrogens is 426 g/mol. The summed E-state index contributed by atoms with van der Waals surface area (Å²) >= 11 is 0. The lowest BCUT2D eigenvalue weighted by Crippen LogP contribution is -2.36. The van der Waals surface area contributed by atoms with Crippen molar-refractivity contribution in [2.24, 2.45) is 14.1 Å². The highest BCUT2D eigenvalue weighted by Crippen LogP contribution is 2.20. The summed E-state index contributed by atoms with van der Waals surface area (Å²) in [6.45, 7) is 3.94. The Hall–Kier alpha value is -4.34. The van der Waals surface area contributed by atoms with Crippen LogP contribution < -0.4 is 21.3 Å². The Bertz CT molecular complexity index is 1460. The number of aryl methyl sites for hydroxylation is 1. The molecule has 0 atom stereocenters. The summed E-state index contributed by atoms with van der Waals surface area (Å²) in [4.78, 5) is 43.9. The smallest absolute Gasteiger partial charge is 0.332 e. The van der Waals surface area contributed by atoms with Crippen LogP contribution >= 0.6 is 0 Å². The van der Waals surface area contributed by atoms with Crippen molar-refractivity contribution in [3.05, 3.63) is 92.8 Å². The minimum atomic E-state index is -0.483. The largest absolute Gasteiger partial charge is 0.485 e. The van der Waals surface area contributed by atoms with E-state index in [1.165, 1.54) is 18.7 Å². The van der Waals surface area contributed by atoms with Gasteiger partial charge < -0.3 is 19.5 Å². The molecule has 2 N–H and O–H groups in total.